The summed E-state index contributed by atoms with van der Waals surface area (Å²) in [4.78, 5) is 15.1. The number of aliphatic hydroxyl groups is 1. The highest BCUT2D eigenvalue weighted by Crippen LogP contribution is 2.33. The smallest absolute Gasteiger partial charge is 0.256 e. The van der Waals surface area contributed by atoms with Crippen molar-refractivity contribution in [2.24, 2.45) is 0 Å². The van der Waals surface area contributed by atoms with Crippen molar-refractivity contribution >= 4 is 44.8 Å². The minimum atomic E-state index is -1.50. The number of carbonyl (C=O) groups excluding carboxylic acids is 1. The normalized spacial score (nSPS) is 13.6. The predicted molar refractivity (Wildman–Crippen MR) is 75.5 cm³/mol. The minimum absolute atomic E-state index is 0.124. The summed E-state index contributed by atoms with van der Waals surface area (Å²) in [6, 6.07) is 3.12. The molecule has 1 atom stereocenters. The second kappa shape index (κ2) is 5.70. The number of nitrogens with one attached hydrogen (secondary N) is 1. The molecule has 0 bridgehead atoms. The number of hydrogen-bond donors (Lipinski definition) is 2. The molecule has 0 aromatic heterocycles. The SMILES string of the molecule is [C-]#[N+]c1ccc(NC(=O)[C@@](C)(O)CBr)c(C)c1Cl. The topological polar surface area (TPSA) is 53.7 Å². The van der Waals surface area contributed by atoms with Gasteiger partial charge in [-0.1, -0.05) is 33.6 Å². The molecule has 1 rings (SSSR count). The van der Waals surface area contributed by atoms with Crippen molar-refractivity contribution in [2.45, 2.75) is 19.4 Å². The van der Waals surface area contributed by atoms with Gasteiger partial charge in [0.2, 0.25) is 5.69 Å². The molecule has 0 unspecified atom stereocenters. The first-order valence-corrected chi connectivity index (χ1v) is 6.59. The summed E-state index contributed by atoms with van der Waals surface area (Å²) in [7, 11) is 0. The molecule has 0 aliphatic heterocycles. The lowest BCUT2D eigenvalue weighted by molar-refractivity contribution is -0.130. The summed E-state index contributed by atoms with van der Waals surface area (Å²) >= 11 is 9.06. The van der Waals surface area contributed by atoms with Crippen LogP contribution in [-0.4, -0.2) is 21.9 Å². The van der Waals surface area contributed by atoms with Crippen LogP contribution in [0.3, 0.4) is 0 Å². The monoisotopic (exact) mass is 330 g/mol. The molecule has 0 radical (unpaired) electrons. The first kappa shape index (κ1) is 15.0. The van der Waals surface area contributed by atoms with E-state index in [0.717, 1.165) is 0 Å². The molecule has 1 aromatic rings. The van der Waals surface area contributed by atoms with E-state index >= 15 is 0 Å². The second-order valence-electron chi connectivity index (χ2n) is 4.04. The van der Waals surface area contributed by atoms with Crippen molar-refractivity contribution in [3.63, 3.8) is 0 Å². The molecule has 4 nitrogen and oxygen atoms in total. The van der Waals surface area contributed by atoms with Gasteiger partial charge in [0.15, 0.2) is 0 Å². The fraction of sp³-hybridized carbons (Fsp3) is 0.333. The van der Waals surface area contributed by atoms with Crippen LogP contribution >= 0.6 is 27.5 Å². The second-order valence-corrected chi connectivity index (χ2v) is 4.98. The Bertz CT molecular complexity index is 524. The van der Waals surface area contributed by atoms with Gasteiger partial charge in [0.05, 0.1) is 11.6 Å². The fourth-order valence-electron chi connectivity index (χ4n) is 1.21. The van der Waals surface area contributed by atoms with Gasteiger partial charge in [-0.3, -0.25) is 4.79 Å². The largest absolute Gasteiger partial charge is 0.379 e. The van der Waals surface area contributed by atoms with Crippen molar-refractivity contribution in [3.8, 4) is 0 Å². The van der Waals surface area contributed by atoms with Crippen LogP contribution in [0.5, 0.6) is 0 Å². The fourth-order valence-corrected chi connectivity index (χ4v) is 1.67. The van der Waals surface area contributed by atoms with Gasteiger partial charge in [0.1, 0.15) is 5.60 Å². The van der Waals surface area contributed by atoms with E-state index in [4.69, 9.17) is 18.2 Å². The van der Waals surface area contributed by atoms with E-state index in [1.54, 1.807) is 13.0 Å². The lowest BCUT2D eigenvalue weighted by Crippen LogP contribution is -2.41. The van der Waals surface area contributed by atoms with E-state index in [1.165, 1.54) is 13.0 Å². The number of alkyl halides is 1. The number of halogens is 2. The van der Waals surface area contributed by atoms with Crippen LogP contribution in [0.15, 0.2) is 12.1 Å². The third-order valence-electron chi connectivity index (χ3n) is 2.48. The van der Waals surface area contributed by atoms with Crippen molar-refractivity contribution < 1.29 is 9.90 Å². The first-order chi connectivity index (χ1) is 8.33. The number of amides is 1. The van der Waals surface area contributed by atoms with Crippen LogP contribution in [0.2, 0.25) is 5.02 Å². The lowest BCUT2D eigenvalue weighted by Gasteiger charge is -2.20. The Morgan fingerprint density at radius 2 is 2.28 bits per heavy atom. The highest BCUT2D eigenvalue weighted by molar-refractivity contribution is 9.09. The predicted octanol–water partition coefficient (Wildman–Crippen LogP) is 3.28. The van der Waals surface area contributed by atoms with Crippen molar-refractivity contribution in [1.29, 1.82) is 0 Å². The molecule has 0 fully saturated rings. The van der Waals surface area contributed by atoms with Crippen LogP contribution < -0.4 is 5.32 Å². The summed E-state index contributed by atoms with van der Waals surface area (Å²) < 4.78 is 0. The summed E-state index contributed by atoms with van der Waals surface area (Å²) in [6.07, 6.45) is 0. The molecular weight excluding hydrogens is 320 g/mol. The Morgan fingerprint density at radius 3 is 2.78 bits per heavy atom. The van der Waals surface area contributed by atoms with Crippen LogP contribution in [-0.2, 0) is 4.79 Å². The molecular formula is C12H12BrClN2O2. The number of rotatable bonds is 3. The molecule has 1 aromatic carbocycles. The maximum atomic E-state index is 11.8. The highest BCUT2D eigenvalue weighted by atomic mass is 79.9. The Kier molecular flexibility index (Phi) is 4.74. The highest BCUT2D eigenvalue weighted by Gasteiger charge is 2.29. The van der Waals surface area contributed by atoms with Gasteiger partial charge < -0.3 is 10.4 Å². The standard InChI is InChI=1S/C12H12BrClN2O2/c1-7-8(4-5-9(15-3)10(7)14)16-11(17)12(2,18)6-13/h4-5,18H,6H2,1-2H3,(H,16,17)/t12-/m0/s1. The van der Waals surface area contributed by atoms with Gasteiger partial charge >= 0.3 is 0 Å². The van der Waals surface area contributed by atoms with Gasteiger partial charge in [-0.05, 0) is 25.5 Å². The van der Waals surface area contributed by atoms with E-state index in [2.05, 4.69) is 26.1 Å². The third kappa shape index (κ3) is 3.02. The molecule has 6 heteroatoms. The molecule has 18 heavy (non-hydrogen) atoms. The average Bonchev–Trinajstić information content (AvgIpc) is 2.35. The number of carbonyl (C=O) groups is 1. The van der Waals surface area contributed by atoms with E-state index in [1.807, 2.05) is 0 Å². The Labute approximate surface area is 119 Å². The summed E-state index contributed by atoms with van der Waals surface area (Å²) in [5.41, 5.74) is -0.0841. The maximum absolute atomic E-state index is 11.8. The number of anilines is 1. The zero-order valence-electron chi connectivity index (χ0n) is 9.92. The Balaban J connectivity index is 3.05. The summed E-state index contributed by atoms with van der Waals surface area (Å²) in [5, 5.41) is 12.8. The van der Waals surface area contributed by atoms with Crippen LogP contribution in [0.4, 0.5) is 11.4 Å². The minimum Gasteiger partial charge on any atom is -0.379 e. The van der Waals surface area contributed by atoms with E-state index in [-0.39, 0.29) is 5.33 Å². The molecule has 1 amide bonds. The molecule has 0 aliphatic carbocycles. The van der Waals surface area contributed by atoms with Gasteiger partial charge in [0.25, 0.3) is 5.91 Å². The summed E-state index contributed by atoms with van der Waals surface area (Å²) in [5.74, 6) is -0.533. The van der Waals surface area contributed by atoms with Crippen molar-refractivity contribution in [3.05, 3.63) is 34.1 Å². The van der Waals surface area contributed by atoms with E-state index in [0.29, 0.717) is 22.0 Å². The van der Waals surface area contributed by atoms with E-state index in [9.17, 15) is 9.90 Å². The van der Waals surface area contributed by atoms with Gasteiger partial charge in [-0.25, -0.2) is 4.85 Å². The number of benzene rings is 1. The third-order valence-corrected chi connectivity index (χ3v) is 4.05. The molecule has 96 valence electrons. The summed E-state index contributed by atoms with van der Waals surface area (Å²) in [6.45, 7) is 10.0. The van der Waals surface area contributed by atoms with Crippen LogP contribution in [0.25, 0.3) is 4.85 Å². The molecule has 0 aliphatic rings. The van der Waals surface area contributed by atoms with Gasteiger partial charge in [0, 0.05) is 11.0 Å². The molecule has 2 N–H and O–H groups in total. The first-order valence-electron chi connectivity index (χ1n) is 5.10. The van der Waals surface area contributed by atoms with Gasteiger partial charge in [-0.2, -0.15) is 0 Å². The zero-order chi connectivity index (χ0) is 13.9. The molecule has 0 saturated carbocycles. The van der Waals surface area contributed by atoms with Crippen LogP contribution in [0.1, 0.15) is 12.5 Å². The lowest BCUT2D eigenvalue weighted by atomic mass is 10.1. The molecule has 0 saturated heterocycles. The quantitative estimate of drug-likeness (QED) is 0.659. The van der Waals surface area contributed by atoms with Gasteiger partial charge in [-0.15, -0.1) is 0 Å². The number of nitrogens with zero attached hydrogens (tertiary/aromatic N) is 1. The number of hydrogen-bond acceptors (Lipinski definition) is 2. The van der Waals surface area contributed by atoms with Crippen molar-refractivity contribution in [1.82, 2.24) is 0 Å². The Morgan fingerprint density at radius 1 is 1.67 bits per heavy atom. The maximum Gasteiger partial charge on any atom is 0.256 e. The van der Waals surface area contributed by atoms with Crippen LogP contribution in [0, 0.1) is 13.5 Å². The molecule has 0 spiro atoms. The average molecular weight is 332 g/mol. The Hall–Kier alpha value is -1.09. The molecule has 0 heterocycles. The van der Waals surface area contributed by atoms with Crippen molar-refractivity contribution in [2.75, 3.05) is 10.6 Å². The van der Waals surface area contributed by atoms with E-state index < -0.39 is 11.5 Å². The zero-order valence-corrected chi connectivity index (χ0v) is 12.3.